The average Bonchev–Trinajstić information content (AvgIpc) is 3.33. The Hall–Kier alpha value is -3.05. The Morgan fingerprint density at radius 3 is 2.25 bits per heavy atom. The molecule has 40 heavy (non-hydrogen) atoms. The lowest BCUT2D eigenvalue weighted by Crippen LogP contribution is -2.44. The van der Waals surface area contributed by atoms with E-state index in [1.165, 1.54) is 0 Å². The van der Waals surface area contributed by atoms with Gasteiger partial charge in [0.15, 0.2) is 0 Å². The van der Waals surface area contributed by atoms with Crippen molar-refractivity contribution < 1.29 is 41.0 Å². The van der Waals surface area contributed by atoms with Crippen LogP contribution in [0.15, 0.2) is 48.5 Å². The van der Waals surface area contributed by atoms with Crippen LogP contribution in [0.1, 0.15) is 53.9 Å². The predicted molar refractivity (Wildman–Crippen MR) is 138 cm³/mol. The van der Waals surface area contributed by atoms with Gasteiger partial charge in [-0.2, -0.15) is 26.3 Å². The molecule has 218 valence electrons. The van der Waals surface area contributed by atoms with Crippen molar-refractivity contribution in [3.63, 3.8) is 0 Å². The second-order valence-corrected chi connectivity index (χ2v) is 10.6. The maximum Gasteiger partial charge on any atom is 0.416 e. The highest BCUT2D eigenvalue weighted by molar-refractivity contribution is 5.92. The molecule has 1 aliphatic carbocycles. The molecule has 5 nitrogen and oxygen atoms in total. The highest BCUT2D eigenvalue weighted by atomic mass is 19.4. The fourth-order valence-corrected chi connectivity index (χ4v) is 5.64. The Morgan fingerprint density at radius 1 is 1.02 bits per heavy atom. The van der Waals surface area contributed by atoms with E-state index in [9.17, 15) is 36.2 Å². The zero-order valence-electron chi connectivity index (χ0n) is 21.9. The van der Waals surface area contributed by atoms with E-state index in [1.54, 1.807) is 7.11 Å². The normalized spacial score (nSPS) is 24.4. The summed E-state index contributed by atoms with van der Waals surface area (Å²) in [5.74, 6) is 0.540. The fourth-order valence-electron chi connectivity index (χ4n) is 5.64. The topological polar surface area (TPSA) is 61.8 Å². The van der Waals surface area contributed by atoms with Crippen LogP contribution in [-0.2, 0) is 17.1 Å². The summed E-state index contributed by atoms with van der Waals surface area (Å²) in [6.07, 6.45) is -5.38. The highest BCUT2D eigenvalue weighted by Gasteiger charge is 2.37. The SMILES string of the molecule is COc1ccc([C@@H]2CCN(C[C@@H]3CC[C@H](NC(=O)/C=C/c4cc(C(F)(F)F)cc(C(F)(F)F)c4)C3)C[C@@H]2O)cc1. The maximum atomic E-state index is 13.1. The second kappa shape index (κ2) is 12.2. The molecular formula is C29H32F6N2O3. The quantitative estimate of drug-likeness (QED) is 0.323. The number of β-amino-alcohol motifs (C(OH)–C–C–N with tert-alkyl or cyclic N) is 1. The van der Waals surface area contributed by atoms with Gasteiger partial charge in [0, 0.05) is 31.1 Å². The van der Waals surface area contributed by atoms with Crippen molar-refractivity contribution in [1.29, 1.82) is 0 Å². The summed E-state index contributed by atoms with van der Waals surface area (Å²) in [6, 6.07) is 8.79. The van der Waals surface area contributed by atoms with Gasteiger partial charge in [-0.3, -0.25) is 4.79 Å². The first kappa shape index (κ1) is 29.9. The van der Waals surface area contributed by atoms with Crippen molar-refractivity contribution in [2.75, 3.05) is 26.7 Å². The highest BCUT2D eigenvalue weighted by Crippen LogP contribution is 2.37. The molecule has 0 aromatic heterocycles. The van der Waals surface area contributed by atoms with Gasteiger partial charge in [-0.15, -0.1) is 0 Å². The molecule has 2 aromatic carbocycles. The number of amides is 1. The van der Waals surface area contributed by atoms with Gasteiger partial charge < -0.3 is 20.1 Å². The van der Waals surface area contributed by atoms with E-state index in [2.05, 4.69) is 10.2 Å². The molecule has 1 saturated carbocycles. The average molecular weight is 571 g/mol. The van der Waals surface area contributed by atoms with Gasteiger partial charge in [0.2, 0.25) is 5.91 Å². The minimum Gasteiger partial charge on any atom is -0.497 e. The molecule has 2 N–H and O–H groups in total. The van der Waals surface area contributed by atoms with E-state index in [4.69, 9.17) is 4.74 Å². The molecule has 4 rings (SSSR count). The molecule has 2 aliphatic rings. The van der Waals surface area contributed by atoms with Crippen LogP contribution in [0, 0.1) is 5.92 Å². The summed E-state index contributed by atoms with van der Waals surface area (Å²) in [5, 5.41) is 13.6. The molecule has 1 amide bonds. The van der Waals surface area contributed by atoms with Crippen molar-refractivity contribution in [3.8, 4) is 5.75 Å². The van der Waals surface area contributed by atoms with Gasteiger partial charge in [0.25, 0.3) is 0 Å². The summed E-state index contributed by atoms with van der Waals surface area (Å²) in [7, 11) is 1.61. The van der Waals surface area contributed by atoms with Crippen molar-refractivity contribution in [1.82, 2.24) is 10.2 Å². The Labute approximate surface area is 228 Å². The van der Waals surface area contributed by atoms with Crippen molar-refractivity contribution >= 4 is 12.0 Å². The van der Waals surface area contributed by atoms with E-state index < -0.39 is 35.5 Å². The first-order valence-electron chi connectivity index (χ1n) is 13.1. The number of hydrogen-bond acceptors (Lipinski definition) is 4. The number of likely N-dealkylation sites (tertiary alicyclic amines) is 1. The van der Waals surface area contributed by atoms with Crippen molar-refractivity contribution in [2.45, 2.75) is 56.1 Å². The number of carbonyl (C=O) groups excluding carboxylic acids is 1. The largest absolute Gasteiger partial charge is 0.497 e. The van der Waals surface area contributed by atoms with Gasteiger partial charge in [-0.05, 0) is 85.7 Å². The number of nitrogens with one attached hydrogen (secondary N) is 1. The van der Waals surface area contributed by atoms with Crippen molar-refractivity contribution in [3.05, 3.63) is 70.8 Å². The lowest BCUT2D eigenvalue weighted by atomic mass is 9.86. The number of aliphatic hydroxyl groups is 1. The number of halogens is 6. The van der Waals surface area contributed by atoms with Crippen LogP contribution in [0.4, 0.5) is 26.3 Å². The number of rotatable bonds is 7. The third-order valence-corrected chi connectivity index (χ3v) is 7.65. The van der Waals surface area contributed by atoms with Crippen LogP contribution < -0.4 is 10.1 Å². The zero-order chi connectivity index (χ0) is 29.1. The van der Waals surface area contributed by atoms with Crippen LogP contribution in [0.2, 0.25) is 0 Å². The van der Waals surface area contributed by atoms with E-state index in [1.807, 2.05) is 24.3 Å². The first-order chi connectivity index (χ1) is 18.8. The molecular weight excluding hydrogens is 538 g/mol. The molecule has 0 unspecified atom stereocenters. The minimum absolute atomic E-state index is 0.0496. The monoisotopic (exact) mass is 570 g/mol. The Morgan fingerprint density at radius 2 is 1.68 bits per heavy atom. The molecule has 11 heteroatoms. The van der Waals surface area contributed by atoms with Crippen LogP contribution in [0.5, 0.6) is 5.75 Å². The number of nitrogens with zero attached hydrogens (tertiary/aromatic N) is 1. The molecule has 2 fully saturated rings. The number of benzene rings is 2. The van der Waals surface area contributed by atoms with Crippen molar-refractivity contribution in [2.24, 2.45) is 5.92 Å². The standard InChI is InChI=1S/C29H32F6N2O3/c1-40-24-7-4-20(5-8-24)25-10-11-37(17-26(25)38)16-19-2-6-23(14-19)36-27(39)9-3-18-12-21(28(30,31)32)15-22(13-18)29(33,34)35/h3-5,7-9,12-13,15,19,23,25-26,38H,2,6,10-11,14,16-17H2,1H3,(H,36,39)/b9-3+/t19-,23+,25+,26+/m1/s1. The molecule has 0 bridgehead atoms. The third kappa shape index (κ3) is 7.78. The van der Waals surface area contributed by atoms with E-state index >= 15 is 0 Å². The van der Waals surface area contributed by atoms with E-state index in [0.717, 1.165) is 55.8 Å². The van der Waals surface area contributed by atoms with Gasteiger partial charge in [0.1, 0.15) is 5.75 Å². The maximum absolute atomic E-state index is 13.1. The number of alkyl halides is 6. The summed E-state index contributed by atoms with van der Waals surface area (Å²) in [5.41, 5.74) is -2.15. The molecule has 0 spiro atoms. The smallest absolute Gasteiger partial charge is 0.416 e. The first-order valence-corrected chi connectivity index (χ1v) is 13.1. The summed E-state index contributed by atoms with van der Waals surface area (Å²) >= 11 is 0. The molecule has 1 aliphatic heterocycles. The zero-order valence-corrected chi connectivity index (χ0v) is 21.9. The summed E-state index contributed by atoms with van der Waals surface area (Å²) in [4.78, 5) is 14.6. The number of methoxy groups -OCH3 is 1. The Kier molecular flexibility index (Phi) is 9.14. The van der Waals surface area contributed by atoms with E-state index in [-0.39, 0.29) is 23.6 Å². The van der Waals surface area contributed by atoms with Gasteiger partial charge >= 0.3 is 12.4 Å². The van der Waals surface area contributed by atoms with Crippen LogP contribution in [-0.4, -0.2) is 54.8 Å². The number of aliphatic hydroxyl groups excluding tert-OH is 1. The summed E-state index contributed by atoms with van der Waals surface area (Å²) < 4.78 is 83.6. The summed E-state index contributed by atoms with van der Waals surface area (Å²) in [6.45, 7) is 2.16. The van der Waals surface area contributed by atoms with E-state index in [0.29, 0.717) is 31.0 Å². The molecule has 0 radical (unpaired) electrons. The van der Waals surface area contributed by atoms with Gasteiger partial charge in [-0.1, -0.05) is 12.1 Å². The lowest BCUT2D eigenvalue weighted by molar-refractivity contribution is -0.143. The molecule has 2 aromatic rings. The number of hydrogen-bond donors (Lipinski definition) is 2. The molecule has 4 atom stereocenters. The lowest BCUT2D eigenvalue weighted by Gasteiger charge is -2.37. The Bertz CT molecular complexity index is 1160. The minimum atomic E-state index is -4.95. The van der Waals surface area contributed by atoms with Crippen LogP contribution in [0.25, 0.3) is 6.08 Å². The number of piperidine rings is 1. The third-order valence-electron chi connectivity index (χ3n) is 7.65. The fraction of sp³-hybridized carbons (Fsp3) is 0.483. The predicted octanol–water partition coefficient (Wildman–Crippen LogP) is 5.88. The Balaban J connectivity index is 1.27. The number of carbonyl (C=O) groups is 1. The second-order valence-electron chi connectivity index (χ2n) is 10.6. The van der Waals surface area contributed by atoms with Crippen LogP contribution >= 0.6 is 0 Å². The van der Waals surface area contributed by atoms with Gasteiger partial charge in [-0.25, -0.2) is 0 Å². The number of ether oxygens (including phenoxy) is 1. The van der Waals surface area contributed by atoms with Gasteiger partial charge in [0.05, 0.1) is 24.3 Å². The van der Waals surface area contributed by atoms with Crippen LogP contribution in [0.3, 0.4) is 0 Å². The molecule has 1 saturated heterocycles. The molecule has 1 heterocycles.